The summed E-state index contributed by atoms with van der Waals surface area (Å²) in [6.07, 6.45) is 7.12. The smallest absolute Gasteiger partial charge is 0.0667 e. The molecular formula is C14H32O2Sn2. The van der Waals surface area contributed by atoms with Crippen LogP contribution in [0.1, 0.15) is 66.2 Å². The van der Waals surface area contributed by atoms with Gasteiger partial charge in [-0.25, -0.2) is 0 Å². The van der Waals surface area contributed by atoms with Crippen molar-refractivity contribution in [3.8, 4) is 0 Å². The van der Waals surface area contributed by atoms with E-state index >= 15 is 0 Å². The average molecular weight is 470 g/mol. The Morgan fingerprint density at radius 1 is 0.611 bits per heavy atom. The second-order valence-electron chi connectivity index (χ2n) is 3.62. The minimum atomic E-state index is 0.0694. The Hall–Kier alpha value is 1.52. The molecule has 0 aliphatic carbocycles. The summed E-state index contributed by atoms with van der Waals surface area (Å²) in [5.41, 5.74) is 0. The summed E-state index contributed by atoms with van der Waals surface area (Å²) >= 11 is 3.37. The van der Waals surface area contributed by atoms with E-state index < -0.39 is 0 Å². The van der Waals surface area contributed by atoms with E-state index in [9.17, 15) is 10.2 Å². The maximum Gasteiger partial charge on any atom is -0.0667 e. The molecule has 0 aromatic rings. The van der Waals surface area contributed by atoms with Crippen molar-refractivity contribution in [2.75, 3.05) is 13.2 Å². The summed E-state index contributed by atoms with van der Waals surface area (Å²) in [7, 11) is 0. The van der Waals surface area contributed by atoms with E-state index in [-0.39, 0.29) is 13.2 Å². The predicted molar refractivity (Wildman–Crippen MR) is 81.3 cm³/mol. The predicted octanol–water partition coefficient (Wildman–Crippen LogP) is 2.26. The van der Waals surface area contributed by atoms with Crippen LogP contribution in [-0.2, 0) is 0 Å². The molecule has 4 heteroatoms. The van der Waals surface area contributed by atoms with E-state index in [1.165, 1.54) is 34.6 Å². The van der Waals surface area contributed by atoms with Gasteiger partial charge in [-0.15, -0.1) is 13.2 Å². The topological polar surface area (TPSA) is 46.1 Å². The largest absolute Gasteiger partial charge is 0.854 e. The van der Waals surface area contributed by atoms with Crippen LogP contribution in [0.2, 0.25) is 8.87 Å². The normalized spacial score (nSPS) is 7.89. The Morgan fingerprint density at radius 3 is 0.833 bits per heavy atom. The van der Waals surface area contributed by atoms with Gasteiger partial charge in [-0.1, -0.05) is 26.7 Å². The molecule has 0 heterocycles. The molecule has 0 fully saturated rings. The molecule has 4 radical (unpaired) electrons. The molecule has 0 bridgehead atoms. The summed E-state index contributed by atoms with van der Waals surface area (Å²) in [6.45, 7) is 8.33. The van der Waals surface area contributed by atoms with Crippen LogP contribution >= 0.6 is 0 Å². The molecule has 0 rings (SSSR count). The van der Waals surface area contributed by atoms with Gasteiger partial charge < -0.3 is 10.2 Å². The zero-order valence-electron chi connectivity index (χ0n) is 12.9. The van der Waals surface area contributed by atoms with E-state index in [1.54, 1.807) is 45.0 Å². The molecule has 0 aliphatic heterocycles. The Bertz CT molecular complexity index is 66.2. The van der Waals surface area contributed by atoms with Crippen LogP contribution in [0.25, 0.3) is 0 Å². The molecule has 0 unspecified atom stereocenters. The first-order valence-electron chi connectivity index (χ1n) is 7.11. The molecule has 0 atom stereocenters. The van der Waals surface area contributed by atoms with Gasteiger partial charge in [0.25, 0.3) is 0 Å². The quantitative estimate of drug-likeness (QED) is 0.560. The van der Waals surface area contributed by atoms with Crippen molar-refractivity contribution in [3.05, 3.63) is 0 Å². The van der Waals surface area contributed by atoms with Gasteiger partial charge in [-0.3, -0.25) is 0 Å². The third-order valence-corrected chi connectivity index (χ3v) is 3.49. The Labute approximate surface area is 143 Å². The fraction of sp³-hybridized carbons (Fsp3) is 1.00. The van der Waals surface area contributed by atoms with Crippen molar-refractivity contribution in [2.24, 2.45) is 0 Å². The molecular weight excluding hydrogens is 438 g/mol. The molecule has 0 saturated heterocycles. The zero-order chi connectivity index (χ0) is 15.1. The molecule has 18 heavy (non-hydrogen) atoms. The molecule has 0 aromatic heterocycles. The third kappa shape index (κ3) is 84.6. The molecule has 0 amide bonds. The minimum absolute atomic E-state index is 0.0694. The fourth-order valence-corrected chi connectivity index (χ4v) is 2.37. The molecule has 108 valence electrons. The van der Waals surface area contributed by atoms with E-state index in [2.05, 4.69) is 13.8 Å². The number of unbranched alkanes of at least 4 members (excludes halogenated alkanes) is 2. The van der Waals surface area contributed by atoms with Crippen LogP contribution in [0.4, 0.5) is 0 Å². The van der Waals surface area contributed by atoms with Crippen molar-refractivity contribution in [3.63, 3.8) is 0 Å². The first-order chi connectivity index (χ1) is 8.66. The summed E-state index contributed by atoms with van der Waals surface area (Å²) in [6, 6.07) is 0. The Kier molecular flexibility index (Phi) is 66.1. The van der Waals surface area contributed by atoms with Gasteiger partial charge in [0.2, 0.25) is 0 Å². The van der Waals surface area contributed by atoms with Crippen LogP contribution in [0.3, 0.4) is 0 Å². The second kappa shape index (κ2) is 42.8. The third-order valence-electron chi connectivity index (χ3n) is 1.47. The van der Waals surface area contributed by atoms with E-state index in [4.69, 9.17) is 0 Å². The van der Waals surface area contributed by atoms with E-state index in [0.29, 0.717) is 0 Å². The van der Waals surface area contributed by atoms with Crippen molar-refractivity contribution in [1.29, 1.82) is 0 Å². The van der Waals surface area contributed by atoms with Crippen molar-refractivity contribution >= 4 is 45.0 Å². The van der Waals surface area contributed by atoms with Crippen molar-refractivity contribution in [1.82, 2.24) is 0 Å². The van der Waals surface area contributed by atoms with Gasteiger partial charge in [0, 0.05) is 0 Å². The summed E-state index contributed by atoms with van der Waals surface area (Å²) in [5.74, 6) is 0. The Balaban J connectivity index is -0.0000000731. The molecule has 0 saturated carbocycles. The van der Waals surface area contributed by atoms with E-state index in [1.807, 2.05) is 13.8 Å². The number of rotatable bonds is 6. The second-order valence-corrected chi connectivity index (χ2v) is 6.47. The SMILES string of the molecule is CCC[CH2][Sn+].CCC[CH2][Sn+].CCC[O-].CCC[O-]. The van der Waals surface area contributed by atoms with Gasteiger partial charge in [0.1, 0.15) is 0 Å². The summed E-state index contributed by atoms with van der Waals surface area (Å²) in [5, 5.41) is 18.6. The van der Waals surface area contributed by atoms with Crippen LogP contribution in [0.5, 0.6) is 0 Å². The fourth-order valence-electron chi connectivity index (χ4n) is 0.354. The first-order valence-corrected chi connectivity index (χ1v) is 11.1. The maximum atomic E-state index is 9.30. The maximum absolute atomic E-state index is 9.30. The average Bonchev–Trinajstić information content (AvgIpc) is 2.42. The Morgan fingerprint density at radius 2 is 0.833 bits per heavy atom. The van der Waals surface area contributed by atoms with Gasteiger partial charge in [0.05, 0.1) is 0 Å². The van der Waals surface area contributed by atoms with Gasteiger partial charge in [-0.05, 0) is 0 Å². The van der Waals surface area contributed by atoms with Crippen molar-refractivity contribution in [2.45, 2.75) is 75.1 Å². The summed E-state index contributed by atoms with van der Waals surface area (Å²) < 4.78 is 2.87. The molecule has 0 aliphatic rings. The standard InChI is InChI=1S/2C4H9.2C3H7O.2Sn/c2*1-3-4-2;2*1-2-3-4;;/h2*1,3-4H2,2H3;2*2-3H2,1H3;;/q;;2*-1;2*+1. The minimum Gasteiger partial charge on any atom is -0.854 e. The molecule has 0 spiro atoms. The molecule has 0 aromatic carbocycles. The number of hydrogen-bond acceptors (Lipinski definition) is 2. The van der Waals surface area contributed by atoms with Crippen LogP contribution in [0.15, 0.2) is 0 Å². The molecule has 2 nitrogen and oxygen atoms in total. The first kappa shape index (κ1) is 27.8. The van der Waals surface area contributed by atoms with Gasteiger partial charge >= 0.3 is 93.5 Å². The molecule has 0 N–H and O–H groups in total. The van der Waals surface area contributed by atoms with Gasteiger partial charge in [-0.2, -0.15) is 0 Å². The van der Waals surface area contributed by atoms with Crippen LogP contribution in [-0.4, -0.2) is 58.3 Å². The number of hydrogen-bond donors (Lipinski definition) is 0. The van der Waals surface area contributed by atoms with Gasteiger partial charge in [0.15, 0.2) is 0 Å². The van der Waals surface area contributed by atoms with E-state index in [0.717, 1.165) is 12.8 Å². The van der Waals surface area contributed by atoms with Crippen LogP contribution in [0, 0.1) is 0 Å². The summed E-state index contributed by atoms with van der Waals surface area (Å²) in [4.78, 5) is 0. The zero-order valence-corrected chi connectivity index (χ0v) is 18.6. The van der Waals surface area contributed by atoms with Crippen LogP contribution < -0.4 is 10.2 Å². The monoisotopic (exact) mass is 472 g/mol. The van der Waals surface area contributed by atoms with Crippen molar-refractivity contribution < 1.29 is 10.2 Å².